The van der Waals surface area contributed by atoms with E-state index in [0.29, 0.717) is 6.61 Å². The molecule has 0 atom stereocenters. The van der Waals surface area contributed by atoms with Gasteiger partial charge in [0.05, 0.1) is 0 Å². The monoisotopic (exact) mass is 450 g/mol. The largest absolute Gasteiger partial charge is 0.147 e. The summed E-state index contributed by atoms with van der Waals surface area (Å²) in [6.45, 7) is 7.22. The molecule has 0 amide bonds. The standard InChI is InChI=1S/C23H31AsO2.ClH/c1-4-17-23(20-13-9-7-10-14-20,21-15-11-8-12-16-21)22(25)26-19-18-24(5-2)6-3;/h7-16H,4-6,17-19H2,1-3H3;1H. The van der Waals surface area contributed by atoms with Crippen LogP contribution in [0.2, 0.25) is 15.6 Å². The molecule has 0 aliphatic heterocycles. The van der Waals surface area contributed by atoms with Crippen molar-refractivity contribution >= 4 is 33.0 Å². The molecule has 0 aliphatic carbocycles. The van der Waals surface area contributed by atoms with Gasteiger partial charge in [-0.05, 0) is 0 Å². The molecule has 0 saturated carbocycles. The van der Waals surface area contributed by atoms with Gasteiger partial charge in [0.15, 0.2) is 0 Å². The quantitative estimate of drug-likeness (QED) is 0.315. The number of carbonyl (C=O) groups excluding carboxylic acids is 1. The van der Waals surface area contributed by atoms with Crippen LogP contribution >= 0.6 is 12.4 Å². The third-order valence-electron chi connectivity index (χ3n) is 5.04. The van der Waals surface area contributed by atoms with Gasteiger partial charge in [-0.1, -0.05) is 0 Å². The fourth-order valence-corrected chi connectivity index (χ4v) is 6.54. The van der Waals surface area contributed by atoms with Crippen molar-refractivity contribution in [3.8, 4) is 0 Å². The molecule has 0 aliphatic rings. The van der Waals surface area contributed by atoms with Gasteiger partial charge in [-0.25, -0.2) is 0 Å². The zero-order valence-electron chi connectivity index (χ0n) is 16.7. The van der Waals surface area contributed by atoms with Crippen LogP contribution in [0.25, 0.3) is 0 Å². The minimum absolute atomic E-state index is 0. The van der Waals surface area contributed by atoms with Crippen LogP contribution in [0.1, 0.15) is 44.7 Å². The van der Waals surface area contributed by atoms with Crippen LogP contribution < -0.4 is 0 Å². The summed E-state index contributed by atoms with van der Waals surface area (Å²) in [7, 11) is 0. The number of rotatable bonds is 10. The Hall–Kier alpha value is -1.24. The van der Waals surface area contributed by atoms with Crippen LogP contribution in [0.5, 0.6) is 0 Å². The molecule has 0 fully saturated rings. The molecule has 2 nitrogen and oxygen atoms in total. The van der Waals surface area contributed by atoms with Crippen LogP contribution in [0, 0.1) is 0 Å². The zero-order valence-corrected chi connectivity index (χ0v) is 19.4. The maximum atomic E-state index is 13.4. The van der Waals surface area contributed by atoms with Crippen LogP contribution in [-0.2, 0) is 14.9 Å². The first-order valence-electron chi connectivity index (χ1n) is 9.69. The Kier molecular flexibility index (Phi) is 10.8. The minimum Gasteiger partial charge on any atom is -0.147 e. The van der Waals surface area contributed by atoms with Gasteiger partial charge >= 0.3 is 163 Å². The molecule has 0 bridgehead atoms. The van der Waals surface area contributed by atoms with E-state index < -0.39 is 20.1 Å². The van der Waals surface area contributed by atoms with Crippen molar-refractivity contribution in [2.24, 2.45) is 0 Å². The van der Waals surface area contributed by atoms with E-state index in [1.54, 1.807) is 0 Å². The Morgan fingerprint density at radius 2 is 1.37 bits per heavy atom. The van der Waals surface area contributed by atoms with Crippen LogP contribution in [-0.4, -0.2) is 27.2 Å². The molecule has 2 aromatic carbocycles. The predicted molar refractivity (Wildman–Crippen MR) is 118 cm³/mol. The maximum Gasteiger partial charge on any atom is -0.147 e. The Balaban J connectivity index is 0.00000364. The van der Waals surface area contributed by atoms with E-state index in [1.807, 2.05) is 36.4 Å². The van der Waals surface area contributed by atoms with Crippen LogP contribution in [0.4, 0.5) is 0 Å². The molecule has 0 unspecified atom stereocenters. The van der Waals surface area contributed by atoms with Gasteiger partial charge in [0.25, 0.3) is 0 Å². The molecule has 0 saturated heterocycles. The molecule has 27 heavy (non-hydrogen) atoms. The molecule has 0 radical (unpaired) electrons. The molecule has 0 aromatic heterocycles. The van der Waals surface area contributed by atoms with E-state index in [1.165, 1.54) is 10.4 Å². The topological polar surface area (TPSA) is 26.3 Å². The van der Waals surface area contributed by atoms with Gasteiger partial charge in [-0.3, -0.25) is 0 Å². The third kappa shape index (κ3) is 5.87. The fraction of sp³-hybridized carbons (Fsp3) is 0.435. The molecule has 0 heterocycles. The van der Waals surface area contributed by atoms with Gasteiger partial charge in [0, 0.05) is 0 Å². The number of hydrogen-bond donors (Lipinski definition) is 0. The van der Waals surface area contributed by atoms with Crippen molar-refractivity contribution in [3.63, 3.8) is 0 Å². The maximum absolute atomic E-state index is 13.4. The van der Waals surface area contributed by atoms with Crippen LogP contribution in [0.15, 0.2) is 60.7 Å². The summed E-state index contributed by atoms with van der Waals surface area (Å²) in [5.41, 5.74) is 1.34. The summed E-state index contributed by atoms with van der Waals surface area (Å²) in [5, 5.41) is 3.63. The Morgan fingerprint density at radius 3 is 1.78 bits per heavy atom. The van der Waals surface area contributed by atoms with E-state index in [9.17, 15) is 4.79 Å². The predicted octanol–water partition coefficient (Wildman–Crippen LogP) is 6.27. The molecular weight excluding hydrogens is 419 g/mol. The minimum atomic E-state index is -0.814. The normalized spacial score (nSPS) is 11.1. The van der Waals surface area contributed by atoms with E-state index in [4.69, 9.17) is 4.74 Å². The Bertz CT molecular complexity index is 617. The van der Waals surface area contributed by atoms with E-state index in [-0.39, 0.29) is 18.4 Å². The Labute approximate surface area is 175 Å². The Morgan fingerprint density at radius 1 is 0.889 bits per heavy atom. The second kappa shape index (κ2) is 12.3. The molecule has 148 valence electrons. The average molecular weight is 451 g/mol. The summed E-state index contributed by atoms with van der Waals surface area (Å²) in [5.74, 6) is -0.0992. The van der Waals surface area contributed by atoms with Gasteiger partial charge in [-0.15, -0.1) is 12.4 Å². The molecular formula is C23H32AsClO2. The van der Waals surface area contributed by atoms with E-state index in [0.717, 1.165) is 29.2 Å². The van der Waals surface area contributed by atoms with Crippen molar-refractivity contribution in [1.82, 2.24) is 0 Å². The summed E-state index contributed by atoms with van der Waals surface area (Å²) in [6, 6.07) is 20.2. The van der Waals surface area contributed by atoms with E-state index in [2.05, 4.69) is 45.0 Å². The van der Waals surface area contributed by atoms with Crippen LogP contribution in [0.3, 0.4) is 0 Å². The van der Waals surface area contributed by atoms with Crippen molar-refractivity contribution < 1.29 is 9.53 Å². The van der Waals surface area contributed by atoms with Crippen molar-refractivity contribution in [2.45, 2.75) is 54.7 Å². The summed E-state index contributed by atoms with van der Waals surface area (Å²) < 4.78 is 5.90. The number of halogens is 1. The third-order valence-corrected chi connectivity index (χ3v) is 10.5. The summed E-state index contributed by atoms with van der Waals surface area (Å²) in [6.07, 6.45) is 1.67. The second-order valence-electron chi connectivity index (χ2n) is 6.55. The molecule has 0 spiro atoms. The summed E-state index contributed by atoms with van der Waals surface area (Å²) in [4.78, 5) is 13.4. The first kappa shape index (κ1) is 23.8. The average Bonchev–Trinajstić information content (AvgIpc) is 2.70. The second-order valence-corrected chi connectivity index (χ2v) is 13.0. The number of esters is 1. The van der Waals surface area contributed by atoms with Crippen molar-refractivity contribution in [1.29, 1.82) is 0 Å². The molecule has 2 rings (SSSR count). The fourth-order valence-electron chi connectivity index (χ4n) is 3.54. The number of hydrogen-bond acceptors (Lipinski definition) is 2. The van der Waals surface area contributed by atoms with Gasteiger partial charge < -0.3 is 0 Å². The number of benzene rings is 2. The van der Waals surface area contributed by atoms with Gasteiger partial charge in [-0.2, -0.15) is 0 Å². The van der Waals surface area contributed by atoms with E-state index >= 15 is 0 Å². The first-order valence-corrected chi connectivity index (χ1v) is 13.7. The number of carbonyl (C=O) groups is 1. The zero-order chi connectivity index (χ0) is 18.8. The molecule has 4 heteroatoms. The molecule has 0 N–H and O–H groups in total. The summed E-state index contributed by atoms with van der Waals surface area (Å²) >= 11 is -0.814. The van der Waals surface area contributed by atoms with Gasteiger partial charge in [0.1, 0.15) is 0 Å². The SMILES string of the molecule is CCCC(C(=O)OCC[As](CC)CC)(c1ccccc1)c1ccccc1.Cl. The van der Waals surface area contributed by atoms with Gasteiger partial charge in [0.2, 0.25) is 0 Å². The smallest absolute Gasteiger partial charge is 0.147 e. The van der Waals surface area contributed by atoms with Crippen molar-refractivity contribution in [3.05, 3.63) is 71.8 Å². The first-order chi connectivity index (χ1) is 12.7. The number of ether oxygens (including phenoxy) is 1. The molecule has 2 aromatic rings. The van der Waals surface area contributed by atoms with Crippen molar-refractivity contribution in [2.75, 3.05) is 6.61 Å².